The smallest absolute Gasteiger partial charge is 0.410 e. The Morgan fingerprint density at radius 1 is 1.17 bits per heavy atom. The number of nitrogens with zero attached hydrogens (tertiary/aromatic N) is 3. The van der Waals surface area contributed by atoms with Crippen molar-refractivity contribution < 1.29 is 24.1 Å². The third-order valence-electron chi connectivity index (χ3n) is 6.03. The number of amides is 1. The van der Waals surface area contributed by atoms with Crippen LogP contribution in [0.3, 0.4) is 0 Å². The van der Waals surface area contributed by atoms with Crippen LogP contribution in [-0.4, -0.2) is 52.4 Å². The highest BCUT2D eigenvalue weighted by molar-refractivity contribution is 5.69. The lowest BCUT2D eigenvalue weighted by Crippen LogP contribution is -2.59. The number of ether oxygens (including phenoxy) is 3. The average Bonchev–Trinajstić information content (AvgIpc) is 2.77. The van der Waals surface area contributed by atoms with Gasteiger partial charge >= 0.3 is 12.1 Å². The Kier molecular flexibility index (Phi) is 5.76. The summed E-state index contributed by atoms with van der Waals surface area (Å²) in [6.07, 6.45) is 4.66. The fraction of sp³-hybridized carbons (Fsp3) is 0.500. The van der Waals surface area contributed by atoms with E-state index in [1.54, 1.807) is 6.20 Å². The molecule has 2 unspecified atom stereocenters. The number of hydrogen-bond donors (Lipinski definition) is 1. The number of benzene rings is 1. The molecule has 2 fully saturated rings. The number of carbonyl (C=O) groups excluding carboxylic acids is 1. The highest BCUT2D eigenvalue weighted by Gasteiger charge is 2.50. The second kappa shape index (κ2) is 8.47. The highest BCUT2D eigenvalue weighted by atomic mass is 16.6. The summed E-state index contributed by atoms with van der Waals surface area (Å²) >= 11 is 0. The zero-order valence-electron chi connectivity index (χ0n) is 17.3. The molecule has 1 aromatic heterocycles. The van der Waals surface area contributed by atoms with Crippen molar-refractivity contribution in [2.24, 2.45) is 0 Å². The molecule has 2 aliphatic rings. The summed E-state index contributed by atoms with van der Waals surface area (Å²) in [5, 5.41) is 11.6. The van der Waals surface area contributed by atoms with Crippen LogP contribution in [0.25, 0.3) is 0 Å². The molecule has 2 aliphatic heterocycles. The van der Waals surface area contributed by atoms with Crippen molar-refractivity contribution in [3.05, 3.63) is 47.7 Å². The number of carbonyl (C=O) groups is 1. The first-order valence-electron chi connectivity index (χ1n) is 10.2. The summed E-state index contributed by atoms with van der Waals surface area (Å²) in [7, 11) is 2.98. The minimum atomic E-state index is -1.18. The van der Waals surface area contributed by atoms with Gasteiger partial charge in [0.15, 0.2) is 0 Å². The summed E-state index contributed by atoms with van der Waals surface area (Å²) in [5.41, 5.74) is 0.300. The minimum Gasteiger partial charge on any atom is -0.481 e. The number of piperidine rings is 2. The highest BCUT2D eigenvalue weighted by Crippen LogP contribution is 2.46. The molecular weight excluding hydrogens is 386 g/mol. The molecule has 8 heteroatoms. The first kappa shape index (κ1) is 20.4. The zero-order chi connectivity index (χ0) is 21.1. The lowest BCUT2D eigenvalue weighted by molar-refractivity contribution is -0.0908. The van der Waals surface area contributed by atoms with Gasteiger partial charge in [0.25, 0.3) is 0 Å². The van der Waals surface area contributed by atoms with E-state index < -0.39 is 5.60 Å². The fourth-order valence-corrected chi connectivity index (χ4v) is 4.67. The Morgan fingerprint density at radius 3 is 2.50 bits per heavy atom. The van der Waals surface area contributed by atoms with Gasteiger partial charge in [0.05, 0.1) is 19.8 Å². The van der Waals surface area contributed by atoms with E-state index in [0.717, 1.165) is 24.8 Å². The van der Waals surface area contributed by atoms with E-state index in [2.05, 4.69) is 9.97 Å². The van der Waals surface area contributed by atoms with Gasteiger partial charge in [-0.2, -0.15) is 4.98 Å². The van der Waals surface area contributed by atoms with Crippen molar-refractivity contribution in [2.45, 2.75) is 56.4 Å². The van der Waals surface area contributed by atoms with E-state index in [4.69, 9.17) is 14.2 Å². The van der Waals surface area contributed by atoms with Gasteiger partial charge < -0.3 is 24.2 Å². The lowest BCUT2D eigenvalue weighted by Gasteiger charge is -2.51. The van der Waals surface area contributed by atoms with E-state index in [0.29, 0.717) is 24.3 Å². The van der Waals surface area contributed by atoms with Crippen LogP contribution in [0.5, 0.6) is 11.9 Å². The number of aromatic nitrogens is 2. The monoisotopic (exact) mass is 413 g/mol. The second-order valence-corrected chi connectivity index (χ2v) is 7.91. The van der Waals surface area contributed by atoms with Gasteiger partial charge in [-0.05, 0) is 24.8 Å². The second-order valence-electron chi connectivity index (χ2n) is 7.91. The van der Waals surface area contributed by atoms with Crippen LogP contribution in [0.2, 0.25) is 0 Å². The molecule has 1 amide bonds. The fourth-order valence-electron chi connectivity index (χ4n) is 4.67. The summed E-state index contributed by atoms with van der Waals surface area (Å²) in [6.45, 7) is 0.236. The van der Waals surface area contributed by atoms with Crippen molar-refractivity contribution in [1.29, 1.82) is 0 Å². The molecule has 3 heterocycles. The topological polar surface area (TPSA) is 94.0 Å². The largest absolute Gasteiger partial charge is 0.481 e. The van der Waals surface area contributed by atoms with E-state index in [9.17, 15) is 9.90 Å². The molecule has 4 rings (SSSR count). The summed E-state index contributed by atoms with van der Waals surface area (Å²) < 4.78 is 16.1. The predicted octanol–water partition coefficient (Wildman–Crippen LogP) is 3.04. The quantitative estimate of drug-likeness (QED) is 0.805. The molecule has 0 radical (unpaired) electrons. The standard InChI is InChI=1S/C22H27N3O5/c1-28-19-18(13-23-20(24-19)29-2)22(27)11-16-9-6-10-17(12-22)25(16)21(26)30-14-15-7-4-3-5-8-15/h3-5,7-8,13,16-17,27H,6,9-12,14H2,1-2H3. The zero-order valence-corrected chi connectivity index (χ0v) is 17.3. The molecule has 1 aromatic carbocycles. The average molecular weight is 413 g/mol. The number of rotatable bonds is 5. The molecular formula is C22H27N3O5. The van der Waals surface area contributed by atoms with Crippen LogP contribution >= 0.6 is 0 Å². The van der Waals surface area contributed by atoms with Crippen LogP contribution in [0, 0.1) is 0 Å². The van der Waals surface area contributed by atoms with Crippen LogP contribution in [0.4, 0.5) is 4.79 Å². The van der Waals surface area contributed by atoms with Crippen molar-refractivity contribution in [3.63, 3.8) is 0 Å². The van der Waals surface area contributed by atoms with Crippen LogP contribution < -0.4 is 9.47 Å². The van der Waals surface area contributed by atoms with Gasteiger partial charge in [-0.15, -0.1) is 0 Å². The molecule has 2 aromatic rings. The number of hydrogen-bond acceptors (Lipinski definition) is 7. The Balaban J connectivity index is 1.52. The number of aliphatic hydroxyl groups is 1. The molecule has 0 aliphatic carbocycles. The Bertz CT molecular complexity index is 878. The van der Waals surface area contributed by atoms with Crippen LogP contribution in [0.1, 0.15) is 43.2 Å². The Hall–Kier alpha value is -2.87. The number of fused-ring (bicyclic) bond motifs is 2. The predicted molar refractivity (Wildman–Crippen MR) is 108 cm³/mol. The maximum Gasteiger partial charge on any atom is 0.410 e. The normalized spacial score (nSPS) is 25.5. The maximum atomic E-state index is 12.9. The Labute approximate surface area is 175 Å². The van der Waals surface area contributed by atoms with Crippen LogP contribution in [-0.2, 0) is 16.9 Å². The first-order valence-corrected chi connectivity index (χ1v) is 10.2. The van der Waals surface area contributed by atoms with Gasteiger partial charge in [-0.25, -0.2) is 9.78 Å². The molecule has 8 nitrogen and oxygen atoms in total. The molecule has 2 atom stereocenters. The third kappa shape index (κ3) is 3.92. The molecule has 0 saturated carbocycles. The van der Waals surface area contributed by atoms with Gasteiger partial charge in [-0.1, -0.05) is 30.3 Å². The SMILES string of the molecule is COc1ncc(C2(O)CC3CCCC(C2)N3C(=O)OCc2ccccc2)c(OC)n1. The number of methoxy groups -OCH3 is 2. The van der Waals surface area contributed by atoms with Gasteiger partial charge in [0.2, 0.25) is 5.88 Å². The molecule has 2 bridgehead atoms. The molecule has 160 valence electrons. The van der Waals surface area contributed by atoms with Crippen molar-refractivity contribution >= 4 is 6.09 Å². The van der Waals surface area contributed by atoms with Gasteiger partial charge in [0, 0.05) is 31.1 Å². The van der Waals surface area contributed by atoms with E-state index >= 15 is 0 Å². The molecule has 1 N–H and O–H groups in total. The van der Waals surface area contributed by atoms with Crippen molar-refractivity contribution in [2.75, 3.05) is 14.2 Å². The first-order chi connectivity index (χ1) is 14.5. The Morgan fingerprint density at radius 2 is 1.87 bits per heavy atom. The van der Waals surface area contributed by atoms with Crippen molar-refractivity contribution in [3.8, 4) is 11.9 Å². The molecule has 2 saturated heterocycles. The molecule has 30 heavy (non-hydrogen) atoms. The third-order valence-corrected chi connectivity index (χ3v) is 6.03. The van der Waals surface area contributed by atoms with E-state index in [1.807, 2.05) is 35.2 Å². The lowest BCUT2D eigenvalue weighted by atomic mass is 9.73. The summed E-state index contributed by atoms with van der Waals surface area (Å²) in [4.78, 5) is 23.1. The van der Waals surface area contributed by atoms with Gasteiger partial charge in [0.1, 0.15) is 12.2 Å². The molecule has 0 spiro atoms. The van der Waals surface area contributed by atoms with E-state index in [-0.39, 0.29) is 30.8 Å². The minimum absolute atomic E-state index is 0.113. The summed E-state index contributed by atoms with van der Waals surface area (Å²) in [6, 6.07) is 9.58. The van der Waals surface area contributed by atoms with Crippen LogP contribution in [0.15, 0.2) is 36.5 Å². The summed E-state index contributed by atoms with van der Waals surface area (Å²) in [5.74, 6) is 0.294. The van der Waals surface area contributed by atoms with Crippen molar-refractivity contribution in [1.82, 2.24) is 14.9 Å². The van der Waals surface area contributed by atoms with E-state index in [1.165, 1.54) is 14.2 Å². The maximum absolute atomic E-state index is 12.9. The van der Waals surface area contributed by atoms with Gasteiger partial charge in [-0.3, -0.25) is 0 Å².